The van der Waals surface area contributed by atoms with Gasteiger partial charge in [0.05, 0.1) is 13.4 Å². The monoisotopic (exact) mass is 193 g/mol. The first-order valence-electron chi connectivity index (χ1n) is 3.67. The normalized spacial score (nSPS) is 15.3. The summed E-state index contributed by atoms with van der Waals surface area (Å²) in [4.78, 5) is 11.0. The number of esters is 1. The molecule has 1 N–H and O–H groups in total. The van der Waals surface area contributed by atoms with E-state index < -0.39 is 11.2 Å². The van der Waals surface area contributed by atoms with Gasteiger partial charge in [0.1, 0.15) is 11.8 Å². The van der Waals surface area contributed by atoms with Crippen LogP contribution in [-0.4, -0.2) is 42.7 Å². The van der Waals surface area contributed by atoms with Gasteiger partial charge in [-0.25, -0.2) is 0 Å². The van der Waals surface area contributed by atoms with Gasteiger partial charge in [0.2, 0.25) is 0 Å². The van der Waals surface area contributed by atoms with E-state index in [1.807, 2.05) is 0 Å². The number of likely N-dealkylation sites (N-methyl/N-ethyl adjacent to an activating group) is 1. The van der Waals surface area contributed by atoms with Crippen molar-refractivity contribution >= 4 is 17.1 Å². The van der Waals surface area contributed by atoms with Gasteiger partial charge in [-0.15, -0.1) is 0 Å². The molecule has 72 valence electrons. The Labute approximate surface area is 75.8 Å². The molecular formula is C7H15NO3S. The van der Waals surface area contributed by atoms with Crippen LogP contribution in [0, 0.1) is 0 Å². The molecule has 0 bridgehead atoms. The van der Waals surface area contributed by atoms with Crippen molar-refractivity contribution in [3.63, 3.8) is 0 Å². The molecule has 0 aliphatic carbocycles. The van der Waals surface area contributed by atoms with Crippen molar-refractivity contribution in [2.45, 2.75) is 12.5 Å². The number of hydrogen-bond acceptors (Lipinski definition) is 4. The van der Waals surface area contributed by atoms with Crippen LogP contribution < -0.4 is 5.32 Å². The Morgan fingerprint density at radius 1 is 1.75 bits per heavy atom. The summed E-state index contributed by atoms with van der Waals surface area (Å²) in [6, 6.07) is -0.334. The van der Waals surface area contributed by atoms with Crippen molar-refractivity contribution in [1.82, 2.24) is 5.32 Å². The molecule has 0 aromatic carbocycles. The standard InChI is InChI=1S/C7H15NO3S/c1-8-6(7(9)11-2)4-5-12(3)10/h6,8H,4-5H2,1-3H3/t6-,12?/m0/s1. The summed E-state index contributed by atoms with van der Waals surface area (Å²) in [5, 5.41) is 2.80. The highest BCUT2D eigenvalue weighted by Crippen LogP contribution is 1.97. The highest BCUT2D eigenvalue weighted by Gasteiger charge is 2.17. The van der Waals surface area contributed by atoms with Gasteiger partial charge in [0.25, 0.3) is 0 Å². The van der Waals surface area contributed by atoms with Crippen LogP contribution >= 0.6 is 0 Å². The highest BCUT2D eigenvalue weighted by atomic mass is 32.2. The predicted molar refractivity (Wildman–Crippen MR) is 48.4 cm³/mol. The summed E-state index contributed by atoms with van der Waals surface area (Å²) in [7, 11) is 3.02. The van der Waals surface area contributed by atoms with Crippen LogP contribution in [0.3, 0.4) is 0 Å². The van der Waals surface area contributed by atoms with Gasteiger partial charge in [-0.3, -0.25) is 4.79 Å². The summed E-state index contributed by atoms with van der Waals surface area (Å²) in [5.41, 5.74) is 0. The van der Waals surface area contributed by atoms with Crippen molar-refractivity contribution in [3.8, 4) is 0 Å². The molecule has 0 fully saturated rings. The Balaban J connectivity index is 3.75. The van der Waals surface area contributed by atoms with E-state index in [1.165, 1.54) is 7.11 Å². The van der Waals surface area contributed by atoms with Gasteiger partial charge in [0.15, 0.2) is 0 Å². The van der Waals surface area contributed by atoms with Crippen LogP contribution in [0.15, 0.2) is 0 Å². The molecule has 1 unspecified atom stereocenters. The largest absolute Gasteiger partial charge is 0.617 e. The number of nitrogens with one attached hydrogen (secondary N) is 1. The molecule has 2 atom stereocenters. The Bertz CT molecular complexity index is 141. The molecular weight excluding hydrogens is 178 g/mol. The van der Waals surface area contributed by atoms with Gasteiger partial charge in [-0.05, 0) is 7.05 Å². The second-order valence-corrected chi connectivity index (χ2v) is 3.99. The van der Waals surface area contributed by atoms with E-state index in [4.69, 9.17) is 0 Å². The van der Waals surface area contributed by atoms with E-state index in [1.54, 1.807) is 13.3 Å². The second kappa shape index (κ2) is 6.28. The third kappa shape index (κ3) is 4.58. The number of carbonyl (C=O) groups is 1. The average molecular weight is 193 g/mol. The molecule has 0 saturated carbocycles. The van der Waals surface area contributed by atoms with Crippen LogP contribution in [0.2, 0.25) is 0 Å². The van der Waals surface area contributed by atoms with Crippen molar-refractivity contribution in [2.75, 3.05) is 26.2 Å². The number of methoxy groups -OCH3 is 1. The Morgan fingerprint density at radius 3 is 2.67 bits per heavy atom. The zero-order chi connectivity index (χ0) is 9.56. The van der Waals surface area contributed by atoms with E-state index in [9.17, 15) is 9.35 Å². The van der Waals surface area contributed by atoms with E-state index >= 15 is 0 Å². The maximum atomic E-state index is 11.0. The van der Waals surface area contributed by atoms with Gasteiger partial charge < -0.3 is 14.6 Å². The van der Waals surface area contributed by atoms with Gasteiger partial charge in [-0.2, -0.15) is 0 Å². The van der Waals surface area contributed by atoms with Crippen LogP contribution in [0.25, 0.3) is 0 Å². The fourth-order valence-corrected chi connectivity index (χ4v) is 1.37. The third-order valence-corrected chi connectivity index (χ3v) is 2.34. The highest BCUT2D eigenvalue weighted by molar-refractivity contribution is 7.90. The summed E-state index contributed by atoms with van der Waals surface area (Å²) in [5.74, 6) is 0.212. The van der Waals surface area contributed by atoms with Crippen LogP contribution in [0.5, 0.6) is 0 Å². The SMILES string of the molecule is CN[C@@H](CC[S+](C)[O-])C(=O)OC. The Kier molecular flexibility index (Phi) is 6.14. The topological polar surface area (TPSA) is 61.4 Å². The molecule has 0 amide bonds. The second-order valence-electron chi connectivity index (χ2n) is 2.43. The minimum Gasteiger partial charge on any atom is -0.617 e. The lowest BCUT2D eigenvalue weighted by atomic mass is 10.2. The lowest BCUT2D eigenvalue weighted by Gasteiger charge is -2.13. The molecule has 0 aromatic heterocycles. The quantitative estimate of drug-likeness (QED) is 0.473. The molecule has 0 heterocycles. The van der Waals surface area contributed by atoms with E-state index in [2.05, 4.69) is 10.1 Å². The smallest absolute Gasteiger partial charge is 0.323 e. The average Bonchev–Trinajstić information content (AvgIpc) is 2.04. The number of hydrogen-bond donors (Lipinski definition) is 1. The maximum Gasteiger partial charge on any atom is 0.323 e. The molecule has 4 nitrogen and oxygen atoms in total. The lowest BCUT2D eigenvalue weighted by molar-refractivity contribution is -0.143. The first kappa shape index (κ1) is 11.7. The third-order valence-electron chi connectivity index (χ3n) is 1.53. The fourth-order valence-electron chi connectivity index (χ4n) is 0.806. The van der Waals surface area contributed by atoms with Gasteiger partial charge >= 0.3 is 5.97 Å². The van der Waals surface area contributed by atoms with Gasteiger partial charge in [-0.1, -0.05) is 11.2 Å². The van der Waals surface area contributed by atoms with Crippen LogP contribution in [-0.2, 0) is 20.7 Å². The van der Waals surface area contributed by atoms with E-state index in [-0.39, 0.29) is 12.0 Å². The summed E-state index contributed by atoms with van der Waals surface area (Å²) < 4.78 is 15.2. The van der Waals surface area contributed by atoms with E-state index in [0.29, 0.717) is 12.2 Å². The fraction of sp³-hybridized carbons (Fsp3) is 0.857. The van der Waals surface area contributed by atoms with Crippen LogP contribution in [0.1, 0.15) is 6.42 Å². The van der Waals surface area contributed by atoms with Crippen LogP contribution in [0.4, 0.5) is 0 Å². The van der Waals surface area contributed by atoms with Gasteiger partial charge in [0, 0.05) is 6.42 Å². The van der Waals surface area contributed by atoms with Crippen molar-refractivity contribution in [1.29, 1.82) is 0 Å². The first-order chi connectivity index (χ1) is 5.61. The van der Waals surface area contributed by atoms with E-state index in [0.717, 1.165) is 0 Å². The minimum absolute atomic E-state index is 0.303. The number of rotatable bonds is 5. The molecule has 12 heavy (non-hydrogen) atoms. The molecule has 0 aromatic rings. The number of carbonyl (C=O) groups excluding carboxylic acids is 1. The van der Waals surface area contributed by atoms with Crippen molar-refractivity contribution in [3.05, 3.63) is 0 Å². The molecule has 0 saturated heterocycles. The lowest BCUT2D eigenvalue weighted by Crippen LogP contribution is -2.36. The summed E-state index contributed by atoms with van der Waals surface area (Å²) in [6.45, 7) is 0. The first-order valence-corrected chi connectivity index (χ1v) is 5.39. The minimum atomic E-state index is -0.854. The van der Waals surface area contributed by atoms with Crippen molar-refractivity contribution < 1.29 is 14.1 Å². The molecule has 0 aliphatic heterocycles. The zero-order valence-electron chi connectivity index (χ0n) is 7.62. The molecule has 0 aliphatic rings. The molecule has 5 heteroatoms. The Morgan fingerprint density at radius 2 is 2.33 bits per heavy atom. The zero-order valence-corrected chi connectivity index (χ0v) is 8.44. The maximum absolute atomic E-state index is 11.0. The predicted octanol–water partition coefficient (Wildman–Crippen LogP) is -0.484. The van der Waals surface area contributed by atoms with Crippen molar-refractivity contribution in [2.24, 2.45) is 0 Å². The summed E-state index contributed by atoms with van der Waals surface area (Å²) >= 11 is -0.854. The summed E-state index contributed by atoms with van der Waals surface area (Å²) in [6.07, 6.45) is 2.16. The Hall–Kier alpha value is -0.260. The molecule has 0 spiro atoms. The molecule has 0 radical (unpaired) electrons. The molecule has 0 rings (SSSR count). The number of ether oxygens (including phenoxy) is 1.